The highest BCUT2D eigenvalue weighted by molar-refractivity contribution is 9.10. The van der Waals surface area contributed by atoms with Gasteiger partial charge in [0, 0.05) is 4.47 Å². The molecule has 0 spiro atoms. The highest BCUT2D eigenvalue weighted by Crippen LogP contribution is 2.60. The van der Waals surface area contributed by atoms with Crippen molar-refractivity contribution in [3.63, 3.8) is 0 Å². The van der Waals surface area contributed by atoms with Crippen LogP contribution in [0.1, 0.15) is 44.1 Å². The summed E-state index contributed by atoms with van der Waals surface area (Å²) in [6.07, 6.45) is 8.94. The molecule has 4 aliphatic carbocycles. The van der Waals surface area contributed by atoms with Gasteiger partial charge in [0.05, 0.1) is 0 Å². The zero-order valence-electron chi connectivity index (χ0n) is 13.5. The maximum Gasteiger partial charge on any atom is 0.0175 e. The summed E-state index contributed by atoms with van der Waals surface area (Å²) >= 11 is 3.52. The molecule has 0 amide bonds. The first-order chi connectivity index (χ1) is 11.2. The molecule has 0 aromatic heterocycles. The van der Waals surface area contributed by atoms with Crippen LogP contribution in [0.25, 0.3) is 11.1 Å². The molecule has 0 heterocycles. The van der Waals surface area contributed by atoms with Gasteiger partial charge in [0.25, 0.3) is 0 Å². The highest BCUT2D eigenvalue weighted by Gasteiger charge is 2.51. The first-order valence-electron chi connectivity index (χ1n) is 9.07. The molecule has 0 atom stereocenters. The van der Waals surface area contributed by atoms with Crippen LogP contribution in [0.2, 0.25) is 0 Å². The largest absolute Gasteiger partial charge is 0.0579 e. The van der Waals surface area contributed by atoms with Crippen LogP contribution < -0.4 is 0 Å². The van der Waals surface area contributed by atoms with Crippen molar-refractivity contribution in [2.75, 3.05) is 0 Å². The third kappa shape index (κ3) is 2.39. The molecule has 0 unspecified atom stereocenters. The standard InChI is InChI=1S/C22H23Br/c23-21-7-3-19(4-8-21)18-1-5-20(6-2-18)22-12-15-9-16(13-22)11-17(10-15)14-22/h1-8,15-17H,9-14H2. The number of rotatable bonds is 2. The van der Waals surface area contributed by atoms with E-state index in [4.69, 9.17) is 0 Å². The Morgan fingerprint density at radius 3 is 1.57 bits per heavy atom. The van der Waals surface area contributed by atoms with E-state index in [1.807, 2.05) is 0 Å². The van der Waals surface area contributed by atoms with Crippen molar-refractivity contribution in [1.29, 1.82) is 0 Å². The number of hydrogen-bond acceptors (Lipinski definition) is 0. The van der Waals surface area contributed by atoms with Gasteiger partial charge in [-0.25, -0.2) is 0 Å². The fourth-order valence-electron chi connectivity index (χ4n) is 6.12. The summed E-state index contributed by atoms with van der Waals surface area (Å²) in [6.45, 7) is 0. The molecule has 4 saturated carbocycles. The van der Waals surface area contributed by atoms with Crippen LogP contribution in [0.3, 0.4) is 0 Å². The van der Waals surface area contributed by atoms with Gasteiger partial charge < -0.3 is 0 Å². The van der Waals surface area contributed by atoms with Gasteiger partial charge in [0.2, 0.25) is 0 Å². The van der Waals surface area contributed by atoms with E-state index in [-0.39, 0.29) is 0 Å². The van der Waals surface area contributed by atoms with E-state index >= 15 is 0 Å². The monoisotopic (exact) mass is 366 g/mol. The van der Waals surface area contributed by atoms with E-state index in [2.05, 4.69) is 64.5 Å². The summed E-state index contributed by atoms with van der Waals surface area (Å²) in [4.78, 5) is 0. The molecule has 4 fully saturated rings. The minimum Gasteiger partial charge on any atom is -0.0579 e. The minimum atomic E-state index is 0.521. The van der Waals surface area contributed by atoms with E-state index in [1.165, 1.54) is 49.7 Å². The molecule has 4 aliphatic rings. The first-order valence-corrected chi connectivity index (χ1v) is 9.86. The summed E-state index contributed by atoms with van der Waals surface area (Å²) in [7, 11) is 0. The van der Waals surface area contributed by atoms with Crippen LogP contribution in [-0.2, 0) is 5.41 Å². The molecule has 0 N–H and O–H groups in total. The average Bonchev–Trinajstić information content (AvgIpc) is 2.54. The molecule has 0 radical (unpaired) electrons. The molecular formula is C22H23Br. The number of benzene rings is 2. The topological polar surface area (TPSA) is 0 Å². The smallest absolute Gasteiger partial charge is 0.0175 e. The Balaban J connectivity index is 1.47. The molecule has 6 rings (SSSR count). The Morgan fingerprint density at radius 1 is 0.652 bits per heavy atom. The van der Waals surface area contributed by atoms with Gasteiger partial charge in [-0.2, -0.15) is 0 Å². The van der Waals surface area contributed by atoms with Gasteiger partial charge in [-0.1, -0.05) is 52.3 Å². The van der Waals surface area contributed by atoms with Crippen molar-refractivity contribution in [3.05, 3.63) is 58.6 Å². The number of hydrogen-bond donors (Lipinski definition) is 0. The second-order valence-corrected chi connectivity index (χ2v) is 9.20. The van der Waals surface area contributed by atoms with Gasteiger partial charge in [-0.3, -0.25) is 0 Å². The molecule has 0 saturated heterocycles. The third-order valence-corrected chi connectivity index (χ3v) is 7.24. The second-order valence-electron chi connectivity index (χ2n) is 8.28. The van der Waals surface area contributed by atoms with Crippen molar-refractivity contribution in [2.24, 2.45) is 17.8 Å². The van der Waals surface area contributed by atoms with Gasteiger partial charge >= 0.3 is 0 Å². The molecule has 0 aliphatic heterocycles. The lowest BCUT2D eigenvalue weighted by Gasteiger charge is -2.57. The molecule has 2 aromatic carbocycles. The Morgan fingerprint density at radius 2 is 1.09 bits per heavy atom. The van der Waals surface area contributed by atoms with E-state index in [9.17, 15) is 0 Å². The second kappa shape index (κ2) is 5.21. The van der Waals surface area contributed by atoms with Crippen LogP contribution in [0, 0.1) is 17.8 Å². The fourth-order valence-corrected chi connectivity index (χ4v) is 6.39. The zero-order valence-corrected chi connectivity index (χ0v) is 15.1. The van der Waals surface area contributed by atoms with Crippen molar-refractivity contribution < 1.29 is 0 Å². The average molecular weight is 367 g/mol. The van der Waals surface area contributed by atoms with Crippen molar-refractivity contribution in [3.8, 4) is 11.1 Å². The number of halogens is 1. The maximum atomic E-state index is 3.52. The summed E-state index contributed by atoms with van der Waals surface area (Å²) in [5.41, 5.74) is 4.79. The predicted octanol–water partition coefficient (Wildman–Crippen LogP) is 6.58. The first kappa shape index (κ1) is 14.3. The van der Waals surface area contributed by atoms with Crippen molar-refractivity contribution in [1.82, 2.24) is 0 Å². The van der Waals surface area contributed by atoms with Crippen LogP contribution in [0.15, 0.2) is 53.0 Å². The molecule has 0 nitrogen and oxygen atoms in total. The van der Waals surface area contributed by atoms with Gasteiger partial charge in [0.1, 0.15) is 0 Å². The zero-order chi connectivity index (χ0) is 15.4. The van der Waals surface area contributed by atoms with Gasteiger partial charge in [-0.05, 0) is 90.5 Å². The summed E-state index contributed by atoms with van der Waals surface area (Å²) in [5, 5.41) is 0. The molecule has 2 aromatic rings. The lowest BCUT2D eigenvalue weighted by Crippen LogP contribution is -2.48. The summed E-state index contributed by atoms with van der Waals surface area (Å²) < 4.78 is 1.14. The van der Waals surface area contributed by atoms with Crippen molar-refractivity contribution in [2.45, 2.75) is 43.9 Å². The third-order valence-electron chi connectivity index (χ3n) is 6.71. The molecular weight excluding hydrogens is 344 g/mol. The van der Waals surface area contributed by atoms with Crippen LogP contribution in [-0.4, -0.2) is 0 Å². The van der Waals surface area contributed by atoms with E-state index in [1.54, 1.807) is 5.56 Å². The Labute approximate surface area is 147 Å². The summed E-state index contributed by atoms with van der Waals surface area (Å²) in [6, 6.07) is 18.2. The van der Waals surface area contributed by atoms with Gasteiger partial charge in [-0.15, -0.1) is 0 Å². The summed E-state index contributed by atoms with van der Waals surface area (Å²) in [5.74, 6) is 3.06. The van der Waals surface area contributed by atoms with E-state index in [0.29, 0.717) is 5.41 Å². The molecule has 23 heavy (non-hydrogen) atoms. The van der Waals surface area contributed by atoms with Gasteiger partial charge in [0.15, 0.2) is 0 Å². The van der Waals surface area contributed by atoms with E-state index in [0.717, 1.165) is 22.2 Å². The van der Waals surface area contributed by atoms with E-state index < -0.39 is 0 Å². The normalized spacial score (nSPS) is 34.7. The quantitative estimate of drug-likeness (QED) is 0.562. The Bertz CT molecular complexity index is 675. The SMILES string of the molecule is Brc1ccc(-c2ccc(C34CC5CC(CC(C5)C3)C4)cc2)cc1. The lowest BCUT2D eigenvalue weighted by atomic mass is 9.48. The molecule has 4 bridgehead atoms. The van der Waals surface area contributed by atoms with Crippen LogP contribution >= 0.6 is 15.9 Å². The van der Waals surface area contributed by atoms with Crippen LogP contribution in [0.4, 0.5) is 0 Å². The Kier molecular flexibility index (Phi) is 3.23. The molecule has 1 heteroatoms. The van der Waals surface area contributed by atoms with Crippen molar-refractivity contribution >= 4 is 15.9 Å². The fraction of sp³-hybridized carbons (Fsp3) is 0.455. The Hall–Kier alpha value is -1.08. The lowest BCUT2D eigenvalue weighted by molar-refractivity contribution is -0.00518. The minimum absolute atomic E-state index is 0.521. The predicted molar refractivity (Wildman–Crippen MR) is 99.4 cm³/mol. The highest BCUT2D eigenvalue weighted by atomic mass is 79.9. The maximum absolute atomic E-state index is 3.52. The molecule has 118 valence electrons. The van der Waals surface area contributed by atoms with Crippen LogP contribution in [0.5, 0.6) is 0 Å².